The first-order valence-corrected chi connectivity index (χ1v) is 17.1. The van der Waals surface area contributed by atoms with Crippen molar-refractivity contribution in [2.75, 3.05) is 18.5 Å². The van der Waals surface area contributed by atoms with Crippen molar-refractivity contribution in [3.63, 3.8) is 0 Å². The van der Waals surface area contributed by atoms with E-state index in [0.717, 1.165) is 52.9 Å². The first-order valence-electron chi connectivity index (χ1n) is 16.8. The van der Waals surface area contributed by atoms with Gasteiger partial charge in [-0.15, -0.1) is 0 Å². The number of amides is 1. The van der Waals surface area contributed by atoms with Gasteiger partial charge in [-0.05, 0) is 91.1 Å². The van der Waals surface area contributed by atoms with Gasteiger partial charge in [0, 0.05) is 65.4 Å². The van der Waals surface area contributed by atoms with Crippen LogP contribution in [0.5, 0.6) is 0 Å². The Kier molecular flexibility index (Phi) is 8.43. The van der Waals surface area contributed by atoms with Crippen LogP contribution < -0.4 is 10.2 Å². The fourth-order valence-electron chi connectivity index (χ4n) is 7.80. The van der Waals surface area contributed by atoms with Crippen LogP contribution in [0.2, 0.25) is 5.02 Å². The number of hydrogen-bond donors (Lipinski definition) is 2. The van der Waals surface area contributed by atoms with E-state index in [9.17, 15) is 14.4 Å². The maximum Gasteiger partial charge on any atom is 0.328 e. The third-order valence-electron chi connectivity index (χ3n) is 10.5. The Morgan fingerprint density at radius 2 is 1.72 bits per heavy atom. The predicted octanol–water partition coefficient (Wildman–Crippen LogP) is 8.02. The molecule has 3 aliphatic rings. The molecule has 2 heterocycles. The van der Waals surface area contributed by atoms with Crippen LogP contribution in [0, 0.1) is 0 Å². The van der Waals surface area contributed by atoms with E-state index in [2.05, 4.69) is 40.0 Å². The molecule has 0 spiro atoms. The van der Waals surface area contributed by atoms with Crippen LogP contribution in [-0.2, 0) is 22.6 Å². The van der Waals surface area contributed by atoms with E-state index in [1.807, 2.05) is 30.3 Å². The first kappa shape index (κ1) is 31.3. The Bertz CT molecular complexity index is 1900. The number of aromatic nitrogens is 1. The zero-order valence-electron chi connectivity index (χ0n) is 26.7. The fourth-order valence-corrected chi connectivity index (χ4v) is 7.96. The maximum absolute atomic E-state index is 13.9. The predicted molar refractivity (Wildman–Crippen MR) is 187 cm³/mol. The lowest BCUT2D eigenvalue weighted by atomic mass is 9.72. The van der Waals surface area contributed by atoms with Crippen molar-refractivity contribution in [3.05, 3.63) is 94.0 Å². The number of nitrogens with zero attached hydrogens (tertiary/aromatic N) is 2. The zero-order valence-corrected chi connectivity index (χ0v) is 27.5. The van der Waals surface area contributed by atoms with Crippen LogP contribution in [0.15, 0.2) is 66.7 Å². The highest BCUT2D eigenvalue weighted by Crippen LogP contribution is 2.47. The summed E-state index contributed by atoms with van der Waals surface area (Å²) in [5.74, 6) is -0.762. The average Bonchev–Trinajstić information content (AvgIpc) is 3.30. The number of carbonyl (C=O) groups excluding carboxylic acids is 2. The lowest BCUT2D eigenvalue weighted by Gasteiger charge is -2.41. The molecule has 0 unspecified atom stereocenters. The van der Waals surface area contributed by atoms with Gasteiger partial charge in [0.05, 0.1) is 11.2 Å². The standard InChI is InChI=1S/C39H40ClN3O4/c1-42-20-21-43-33-23-28(13-15-30(33)36(27-6-3-2-4-7-27)37(43)31-16-14-29(40)24-32(31)42)38(47)41-39(18-5-19-39)34(44)22-26-10-8-25(9-11-26)12-17-35(45)46/h8-17,23-24,27H,2-7,18-22H2,1H3,(H,41,47)(H,45,46)/b17-12+. The number of ketones is 1. The number of fused-ring (bicyclic) bond motifs is 5. The molecular weight excluding hydrogens is 610 g/mol. The van der Waals surface area contributed by atoms with Crippen molar-refractivity contribution < 1.29 is 19.5 Å². The van der Waals surface area contributed by atoms with Crippen LogP contribution in [0.1, 0.15) is 84.3 Å². The molecule has 2 aliphatic carbocycles. The van der Waals surface area contributed by atoms with Gasteiger partial charge in [0.15, 0.2) is 5.78 Å². The lowest BCUT2D eigenvalue weighted by Crippen LogP contribution is -2.59. The topological polar surface area (TPSA) is 91.6 Å². The maximum atomic E-state index is 13.9. The van der Waals surface area contributed by atoms with Crippen molar-refractivity contribution >= 4 is 51.9 Å². The summed E-state index contributed by atoms with van der Waals surface area (Å²) in [6, 6.07) is 19.6. The quantitative estimate of drug-likeness (QED) is 0.189. The van der Waals surface area contributed by atoms with Gasteiger partial charge >= 0.3 is 5.97 Å². The Morgan fingerprint density at radius 3 is 2.43 bits per heavy atom. The molecule has 0 atom stereocenters. The Hall–Kier alpha value is -4.36. The number of carboxylic acids is 1. The molecule has 1 aliphatic heterocycles. The molecule has 2 N–H and O–H groups in total. The molecule has 2 saturated carbocycles. The summed E-state index contributed by atoms with van der Waals surface area (Å²) < 4.78 is 2.41. The molecule has 47 heavy (non-hydrogen) atoms. The number of likely N-dealkylation sites (N-methyl/N-ethyl adjacent to an activating group) is 1. The molecule has 8 heteroatoms. The molecule has 1 amide bonds. The number of Topliss-reactive ketones (excluding diaryl/α,β-unsaturated/α-hetero) is 1. The van der Waals surface area contributed by atoms with Gasteiger partial charge in [-0.1, -0.05) is 61.2 Å². The number of carboxylic acid groups (broad SMARTS) is 1. The number of rotatable bonds is 8. The van der Waals surface area contributed by atoms with Gasteiger partial charge in [-0.25, -0.2) is 4.79 Å². The monoisotopic (exact) mass is 649 g/mol. The summed E-state index contributed by atoms with van der Waals surface area (Å²) in [6.45, 7) is 1.61. The molecule has 7 rings (SSSR count). The molecule has 7 nitrogen and oxygen atoms in total. The van der Waals surface area contributed by atoms with Gasteiger partial charge in [0.2, 0.25) is 0 Å². The highest BCUT2D eigenvalue weighted by atomic mass is 35.5. The van der Waals surface area contributed by atoms with Gasteiger partial charge < -0.3 is 19.9 Å². The van der Waals surface area contributed by atoms with E-state index in [1.54, 1.807) is 12.1 Å². The first-order chi connectivity index (χ1) is 22.7. The smallest absolute Gasteiger partial charge is 0.328 e. The van der Waals surface area contributed by atoms with Crippen LogP contribution in [-0.4, -0.2) is 46.5 Å². The number of carbonyl (C=O) groups is 3. The van der Waals surface area contributed by atoms with Crippen LogP contribution in [0.4, 0.5) is 5.69 Å². The third-order valence-corrected chi connectivity index (χ3v) is 10.8. The van der Waals surface area contributed by atoms with Crippen LogP contribution in [0.25, 0.3) is 28.2 Å². The summed E-state index contributed by atoms with van der Waals surface area (Å²) in [7, 11) is 2.11. The van der Waals surface area contributed by atoms with Crippen molar-refractivity contribution in [1.82, 2.24) is 9.88 Å². The summed E-state index contributed by atoms with van der Waals surface area (Å²) in [4.78, 5) is 40.7. The van der Waals surface area contributed by atoms with Crippen molar-refractivity contribution in [3.8, 4) is 11.3 Å². The highest BCUT2D eigenvalue weighted by Gasteiger charge is 2.45. The molecular formula is C39H40ClN3O4. The Balaban J connectivity index is 1.20. The third kappa shape index (κ3) is 5.98. The lowest BCUT2D eigenvalue weighted by molar-refractivity contribution is -0.131. The highest BCUT2D eigenvalue weighted by molar-refractivity contribution is 6.31. The minimum absolute atomic E-state index is 0.00134. The molecule has 0 saturated heterocycles. The van der Waals surface area contributed by atoms with Crippen LogP contribution in [0.3, 0.4) is 0 Å². The van der Waals surface area contributed by atoms with Gasteiger partial charge in [0.1, 0.15) is 0 Å². The average molecular weight is 650 g/mol. The SMILES string of the molecule is CN1CCn2c(c(C3CCCCC3)c3ccc(C(=O)NC4(C(=O)Cc5ccc(/C=C/C(=O)O)cc5)CCC4)cc32)-c2ccc(Cl)cc21. The van der Waals surface area contributed by atoms with E-state index >= 15 is 0 Å². The number of anilines is 1. The summed E-state index contributed by atoms with van der Waals surface area (Å²) in [5.41, 5.74) is 7.29. The minimum Gasteiger partial charge on any atom is -0.478 e. The Labute approximate surface area is 280 Å². The fraction of sp³-hybridized carbons (Fsp3) is 0.359. The van der Waals surface area contributed by atoms with E-state index < -0.39 is 11.5 Å². The number of nitrogens with one attached hydrogen (secondary N) is 1. The van der Waals surface area contributed by atoms with E-state index in [0.29, 0.717) is 24.3 Å². The van der Waals surface area contributed by atoms with Gasteiger partial charge in [-0.2, -0.15) is 0 Å². The van der Waals surface area contributed by atoms with Crippen molar-refractivity contribution in [2.24, 2.45) is 0 Å². The zero-order chi connectivity index (χ0) is 32.7. The van der Waals surface area contributed by atoms with E-state index in [4.69, 9.17) is 16.7 Å². The van der Waals surface area contributed by atoms with Gasteiger partial charge in [0.25, 0.3) is 5.91 Å². The minimum atomic E-state index is -1.01. The van der Waals surface area contributed by atoms with Gasteiger partial charge in [-0.3, -0.25) is 9.59 Å². The summed E-state index contributed by atoms with van der Waals surface area (Å²) in [6.07, 6.45) is 11.0. The number of hydrogen-bond acceptors (Lipinski definition) is 4. The molecule has 4 aromatic rings. The second-order valence-corrected chi connectivity index (χ2v) is 13.9. The van der Waals surface area contributed by atoms with E-state index in [1.165, 1.54) is 60.4 Å². The largest absolute Gasteiger partial charge is 0.478 e. The molecule has 2 fully saturated rings. The van der Waals surface area contributed by atoms with Crippen molar-refractivity contribution in [2.45, 2.75) is 75.8 Å². The van der Waals surface area contributed by atoms with Crippen molar-refractivity contribution in [1.29, 1.82) is 0 Å². The number of benzene rings is 3. The molecule has 1 aromatic heterocycles. The van der Waals surface area contributed by atoms with E-state index in [-0.39, 0.29) is 18.1 Å². The molecule has 0 bridgehead atoms. The summed E-state index contributed by atoms with van der Waals surface area (Å²) >= 11 is 6.49. The Morgan fingerprint density at radius 1 is 0.957 bits per heavy atom. The van der Waals surface area contributed by atoms with Crippen LogP contribution >= 0.6 is 11.6 Å². The normalized spacial score (nSPS) is 17.5. The molecule has 0 radical (unpaired) electrons. The second-order valence-electron chi connectivity index (χ2n) is 13.5. The molecule has 242 valence electrons. The number of halogens is 1. The summed E-state index contributed by atoms with van der Waals surface area (Å²) in [5, 5.41) is 14.0. The second kappa shape index (κ2) is 12.7. The number of aliphatic carboxylic acids is 1. The molecule has 3 aromatic carbocycles.